The number of hydrogen-bond donors (Lipinski definition) is 0. The molecule has 0 aromatic carbocycles. The van der Waals surface area contributed by atoms with Crippen LogP contribution < -0.4 is 0 Å². The number of ketones is 4. The maximum Gasteiger partial charge on any atom is 0.320 e. The fourth-order valence-corrected chi connectivity index (χ4v) is 6.40. The Balaban J connectivity index is 0.000000202. The van der Waals surface area contributed by atoms with Gasteiger partial charge in [0.15, 0.2) is 0 Å². The van der Waals surface area contributed by atoms with E-state index in [-0.39, 0.29) is 68.1 Å². The average Bonchev–Trinajstić information content (AvgIpc) is 3.03. The molecular formula is C26H32O10. The lowest BCUT2D eigenvalue weighted by Crippen LogP contribution is -2.40. The van der Waals surface area contributed by atoms with Gasteiger partial charge in [0, 0.05) is 24.7 Å². The molecule has 2 aliphatic carbocycles. The Labute approximate surface area is 208 Å². The SMILES string of the molecule is CC1(CC2(C)CC(=O)OC(=O)C2)CC(=O)CC(=O)C1.CC1(CC2(C)CC(=O)OC2=O)CC(=O)CC1=O. The van der Waals surface area contributed by atoms with Crippen LogP contribution in [0.4, 0.5) is 0 Å². The summed E-state index contributed by atoms with van der Waals surface area (Å²) in [5, 5.41) is 0. The van der Waals surface area contributed by atoms with Crippen molar-refractivity contribution in [3.63, 3.8) is 0 Å². The number of hydrogen-bond acceptors (Lipinski definition) is 10. The summed E-state index contributed by atoms with van der Waals surface area (Å²) < 4.78 is 9.05. The molecule has 196 valence electrons. The minimum Gasteiger partial charge on any atom is -0.393 e. The normalized spacial score (nSPS) is 31.7. The first-order chi connectivity index (χ1) is 16.4. The van der Waals surface area contributed by atoms with E-state index in [2.05, 4.69) is 9.47 Å². The summed E-state index contributed by atoms with van der Waals surface area (Å²) in [6, 6.07) is 0. The molecule has 0 amide bonds. The lowest BCUT2D eigenvalue weighted by atomic mass is 9.63. The predicted octanol–water partition coefficient (Wildman–Crippen LogP) is 2.37. The average molecular weight is 505 g/mol. The number of carbonyl (C=O) groups is 8. The summed E-state index contributed by atoms with van der Waals surface area (Å²) in [5.74, 6) is -2.52. The summed E-state index contributed by atoms with van der Waals surface area (Å²) in [6.45, 7) is 7.03. The third-order valence-corrected chi connectivity index (χ3v) is 7.50. The van der Waals surface area contributed by atoms with Crippen LogP contribution in [0.25, 0.3) is 0 Å². The van der Waals surface area contributed by atoms with Gasteiger partial charge in [0.1, 0.15) is 23.1 Å². The van der Waals surface area contributed by atoms with Crippen LogP contribution in [0.5, 0.6) is 0 Å². The van der Waals surface area contributed by atoms with Gasteiger partial charge in [-0.25, -0.2) is 0 Å². The molecule has 4 aliphatic rings. The lowest BCUT2D eigenvalue weighted by Gasteiger charge is -2.41. The van der Waals surface area contributed by atoms with Crippen LogP contribution in [-0.2, 0) is 47.8 Å². The molecule has 0 bridgehead atoms. The standard InChI is InChI=1S/C14H18O5.C12H14O5/c1-13(4-9(15)3-10(16)5-13)8-14(2)6-11(17)19-12(18)7-14;1-11(4-7(13)3-8(11)14)6-12(2)5-9(15)17-10(12)16/h3-8H2,1-2H3;3-6H2,1-2H3. The van der Waals surface area contributed by atoms with Crippen LogP contribution >= 0.6 is 0 Å². The second-order valence-corrected chi connectivity index (χ2v) is 12.2. The van der Waals surface area contributed by atoms with E-state index in [0.29, 0.717) is 19.3 Å². The van der Waals surface area contributed by atoms with Gasteiger partial charge in [0.2, 0.25) is 0 Å². The number of ether oxygens (including phenoxy) is 2. The van der Waals surface area contributed by atoms with Gasteiger partial charge in [-0.3, -0.25) is 38.4 Å². The molecule has 0 spiro atoms. The molecule has 4 fully saturated rings. The zero-order valence-electron chi connectivity index (χ0n) is 21.2. The van der Waals surface area contributed by atoms with Crippen LogP contribution in [0.3, 0.4) is 0 Å². The Morgan fingerprint density at radius 2 is 1.00 bits per heavy atom. The molecule has 2 unspecified atom stereocenters. The first-order valence-corrected chi connectivity index (χ1v) is 12.0. The van der Waals surface area contributed by atoms with Gasteiger partial charge in [-0.15, -0.1) is 0 Å². The second kappa shape index (κ2) is 9.44. The summed E-state index contributed by atoms with van der Waals surface area (Å²) >= 11 is 0. The van der Waals surface area contributed by atoms with E-state index in [1.165, 1.54) is 0 Å². The molecule has 36 heavy (non-hydrogen) atoms. The van der Waals surface area contributed by atoms with Crippen molar-refractivity contribution < 1.29 is 47.8 Å². The Bertz CT molecular complexity index is 955. The van der Waals surface area contributed by atoms with Crippen LogP contribution in [0.1, 0.15) is 91.9 Å². The van der Waals surface area contributed by atoms with Gasteiger partial charge in [-0.2, -0.15) is 0 Å². The topological polar surface area (TPSA) is 155 Å². The van der Waals surface area contributed by atoms with E-state index in [0.717, 1.165) is 0 Å². The van der Waals surface area contributed by atoms with Gasteiger partial charge in [0.25, 0.3) is 0 Å². The molecule has 0 aromatic heterocycles. The minimum atomic E-state index is -0.966. The monoisotopic (exact) mass is 504 g/mol. The van der Waals surface area contributed by atoms with Crippen molar-refractivity contribution in [1.29, 1.82) is 0 Å². The fourth-order valence-electron chi connectivity index (χ4n) is 6.40. The maximum atomic E-state index is 11.8. The minimum absolute atomic E-state index is 0.0110. The number of esters is 4. The quantitative estimate of drug-likeness (QED) is 0.411. The fraction of sp³-hybridized carbons (Fsp3) is 0.692. The highest BCUT2D eigenvalue weighted by atomic mass is 16.6. The van der Waals surface area contributed by atoms with Crippen molar-refractivity contribution in [3.05, 3.63) is 0 Å². The van der Waals surface area contributed by atoms with Gasteiger partial charge < -0.3 is 9.47 Å². The van der Waals surface area contributed by atoms with Crippen molar-refractivity contribution in [2.24, 2.45) is 21.7 Å². The molecule has 10 nitrogen and oxygen atoms in total. The summed E-state index contributed by atoms with van der Waals surface area (Å²) in [4.78, 5) is 91.7. The van der Waals surface area contributed by atoms with Crippen molar-refractivity contribution in [2.75, 3.05) is 0 Å². The van der Waals surface area contributed by atoms with Gasteiger partial charge in [-0.05, 0) is 30.6 Å². The smallest absolute Gasteiger partial charge is 0.320 e. The second-order valence-electron chi connectivity index (χ2n) is 12.2. The van der Waals surface area contributed by atoms with Crippen molar-refractivity contribution in [1.82, 2.24) is 0 Å². The first-order valence-electron chi connectivity index (χ1n) is 12.0. The van der Waals surface area contributed by atoms with E-state index >= 15 is 0 Å². The summed E-state index contributed by atoms with van der Waals surface area (Å²) in [7, 11) is 0. The van der Waals surface area contributed by atoms with Gasteiger partial charge in [-0.1, -0.05) is 20.8 Å². The number of rotatable bonds is 4. The van der Waals surface area contributed by atoms with Crippen molar-refractivity contribution >= 4 is 47.0 Å². The lowest BCUT2D eigenvalue weighted by molar-refractivity contribution is -0.170. The first kappa shape index (κ1) is 27.5. The Morgan fingerprint density at radius 1 is 0.528 bits per heavy atom. The highest BCUT2D eigenvalue weighted by molar-refractivity contribution is 6.09. The molecule has 2 aliphatic heterocycles. The third kappa shape index (κ3) is 6.20. The molecule has 4 rings (SSSR count). The zero-order chi connectivity index (χ0) is 27.1. The largest absolute Gasteiger partial charge is 0.393 e. The van der Waals surface area contributed by atoms with Gasteiger partial charge in [0.05, 0.1) is 37.5 Å². The zero-order valence-corrected chi connectivity index (χ0v) is 21.2. The number of carbonyl (C=O) groups excluding carboxylic acids is 8. The van der Waals surface area contributed by atoms with Crippen LogP contribution in [0.15, 0.2) is 0 Å². The Hall–Kier alpha value is -3.04. The van der Waals surface area contributed by atoms with Gasteiger partial charge >= 0.3 is 23.9 Å². The Kier molecular flexibility index (Phi) is 7.22. The summed E-state index contributed by atoms with van der Waals surface area (Å²) in [5.41, 5.74) is -2.75. The van der Waals surface area contributed by atoms with Crippen molar-refractivity contribution in [3.8, 4) is 0 Å². The Morgan fingerprint density at radius 3 is 1.44 bits per heavy atom. The molecule has 2 saturated heterocycles. The molecule has 0 aromatic rings. The molecule has 2 saturated carbocycles. The summed E-state index contributed by atoms with van der Waals surface area (Å²) in [6.07, 6.45) is 1.84. The van der Waals surface area contributed by atoms with Crippen molar-refractivity contribution in [2.45, 2.75) is 91.9 Å². The number of Topliss-reactive ketones (excluding diaryl/α,β-unsaturated/α-hetero) is 4. The molecule has 0 radical (unpaired) electrons. The van der Waals surface area contributed by atoms with E-state index < -0.39 is 45.5 Å². The highest BCUT2D eigenvalue weighted by Crippen LogP contribution is 2.48. The van der Waals surface area contributed by atoms with E-state index in [4.69, 9.17) is 0 Å². The van der Waals surface area contributed by atoms with E-state index in [9.17, 15) is 38.4 Å². The maximum absolute atomic E-state index is 11.8. The molecule has 2 heterocycles. The number of cyclic esters (lactones) is 4. The van der Waals surface area contributed by atoms with Crippen LogP contribution in [-0.4, -0.2) is 47.0 Å². The highest BCUT2D eigenvalue weighted by Gasteiger charge is 2.53. The predicted molar refractivity (Wildman–Crippen MR) is 121 cm³/mol. The molecular weight excluding hydrogens is 472 g/mol. The molecule has 2 atom stereocenters. The third-order valence-electron chi connectivity index (χ3n) is 7.50. The van der Waals surface area contributed by atoms with Crippen LogP contribution in [0, 0.1) is 21.7 Å². The van der Waals surface area contributed by atoms with Crippen LogP contribution in [0.2, 0.25) is 0 Å². The van der Waals surface area contributed by atoms with E-state index in [1.54, 1.807) is 13.8 Å². The molecule has 0 N–H and O–H groups in total. The molecule has 10 heteroatoms. The van der Waals surface area contributed by atoms with E-state index in [1.807, 2.05) is 13.8 Å².